The van der Waals surface area contributed by atoms with E-state index in [0.717, 1.165) is 32.4 Å². The highest BCUT2D eigenvalue weighted by atomic mass is 16.4. The maximum Gasteiger partial charge on any atom is 0.307 e. The number of aliphatic carboxylic acids is 1. The molecule has 4 atom stereocenters. The van der Waals surface area contributed by atoms with Gasteiger partial charge in [-0.25, -0.2) is 0 Å². The van der Waals surface area contributed by atoms with Crippen LogP contribution in [-0.4, -0.2) is 35.0 Å². The van der Waals surface area contributed by atoms with Crippen LogP contribution in [0, 0.1) is 23.7 Å². The quantitative estimate of drug-likeness (QED) is 0.774. The number of likely N-dealkylation sites (tertiary alicyclic amines) is 1. The summed E-state index contributed by atoms with van der Waals surface area (Å²) in [5, 5.41) is 9.40. The molecule has 0 radical (unpaired) electrons. The standard InChI is InChI=1S/C15H21NO3/c17-14(16-7-3-1-2-4-8-16)12-10-5-6-11(9-10)13(12)15(18)19/h5-6,10-13H,1-4,7-9H2,(H,18,19)/t10?,11?,12-,13+/m0/s1. The Morgan fingerprint density at radius 1 is 0.947 bits per heavy atom. The Hall–Kier alpha value is -1.32. The Labute approximate surface area is 113 Å². The van der Waals surface area contributed by atoms with Crippen molar-refractivity contribution < 1.29 is 14.7 Å². The van der Waals surface area contributed by atoms with E-state index >= 15 is 0 Å². The third kappa shape index (κ3) is 2.17. The summed E-state index contributed by atoms with van der Waals surface area (Å²) in [5.74, 6) is -1.29. The van der Waals surface area contributed by atoms with Crippen LogP contribution in [0.1, 0.15) is 32.1 Å². The van der Waals surface area contributed by atoms with Crippen molar-refractivity contribution >= 4 is 11.9 Å². The van der Waals surface area contributed by atoms with Crippen LogP contribution in [0.25, 0.3) is 0 Å². The van der Waals surface area contributed by atoms with Gasteiger partial charge in [0.15, 0.2) is 0 Å². The van der Waals surface area contributed by atoms with Gasteiger partial charge in [-0.1, -0.05) is 25.0 Å². The molecule has 0 spiro atoms. The van der Waals surface area contributed by atoms with Crippen molar-refractivity contribution in [2.24, 2.45) is 23.7 Å². The lowest BCUT2D eigenvalue weighted by atomic mass is 9.82. The van der Waals surface area contributed by atoms with E-state index in [1.54, 1.807) is 0 Å². The molecule has 4 heteroatoms. The zero-order valence-corrected chi connectivity index (χ0v) is 11.1. The van der Waals surface area contributed by atoms with E-state index in [9.17, 15) is 14.7 Å². The Morgan fingerprint density at radius 3 is 2.11 bits per heavy atom. The van der Waals surface area contributed by atoms with Gasteiger partial charge in [0, 0.05) is 13.1 Å². The number of carboxylic acids is 1. The second-order valence-corrected chi connectivity index (χ2v) is 6.08. The maximum atomic E-state index is 12.7. The zero-order valence-electron chi connectivity index (χ0n) is 11.1. The third-order valence-electron chi connectivity index (χ3n) is 4.95. The summed E-state index contributed by atoms with van der Waals surface area (Å²) in [4.78, 5) is 26.1. The van der Waals surface area contributed by atoms with Gasteiger partial charge in [0.25, 0.3) is 0 Å². The van der Waals surface area contributed by atoms with Gasteiger partial charge in [-0.15, -0.1) is 0 Å². The first kappa shape index (κ1) is 12.7. The van der Waals surface area contributed by atoms with E-state index in [4.69, 9.17) is 0 Å². The van der Waals surface area contributed by atoms with Crippen LogP contribution in [0.2, 0.25) is 0 Å². The first-order valence-electron chi connectivity index (χ1n) is 7.38. The molecule has 3 rings (SSSR count). The lowest BCUT2D eigenvalue weighted by Gasteiger charge is -2.30. The molecule has 1 saturated carbocycles. The van der Waals surface area contributed by atoms with Crippen LogP contribution >= 0.6 is 0 Å². The average Bonchev–Trinajstić information content (AvgIpc) is 2.89. The molecule has 2 fully saturated rings. The summed E-state index contributed by atoms with van der Waals surface area (Å²) < 4.78 is 0. The van der Waals surface area contributed by atoms with Crippen molar-refractivity contribution in [3.8, 4) is 0 Å². The molecule has 1 aliphatic heterocycles. The van der Waals surface area contributed by atoms with Crippen LogP contribution in [-0.2, 0) is 9.59 Å². The summed E-state index contributed by atoms with van der Waals surface area (Å²) in [6, 6.07) is 0. The molecule has 0 aromatic rings. The van der Waals surface area contributed by atoms with E-state index in [2.05, 4.69) is 6.08 Å². The van der Waals surface area contributed by atoms with E-state index < -0.39 is 11.9 Å². The SMILES string of the molecule is O=C(O)[C@@H]1C2C=CC(C2)[C@@H]1C(=O)N1CCCCCC1. The second-order valence-electron chi connectivity index (χ2n) is 6.08. The van der Waals surface area contributed by atoms with Gasteiger partial charge in [0.2, 0.25) is 5.91 Å². The lowest BCUT2D eigenvalue weighted by molar-refractivity contribution is -0.151. The number of carbonyl (C=O) groups excluding carboxylic acids is 1. The van der Waals surface area contributed by atoms with Crippen molar-refractivity contribution in [3.63, 3.8) is 0 Å². The fraction of sp³-hybridized carbons (Fsp3) is 0.733. The van der Waals surface area contributed by atoms with Crippen molar-refractivity contribution in [2.45, 2.75) is 32.1 Å². The summed E-state index contributed by atoms with van der Waals surface area (Å²) >= 11 is 0. The van der Waals surface area contributed by atoms with Crippen molar-refractivity contribution in [3.05, 3.63) is 12.2 Å². The Kier molecular flexibility index (Phi) is 3.33. The number of hydrogen-bond acceptors (Lipinski definition) is 2. The molecule has 3 aliphatic rings. The number of amides is 1. The van der Waals surface area contributed by atoms with E-state index in [-0.39, 0.29) is 23.7 Å². The number of rotatable bonds is 2. The monoisotopic (exact) mass is 263 g/mol. The molecule has 1 N–H and O–H groups in total. The molecule has 1 saturated heterocycles. The van der Waals surface area contributed by atoms with Crippen LogP contribution in [0.5, 0.6) is 0 Å². The smallest absolute Gasteiger partial charge is 0.307 e. The summed E-state index contributed by atoms with van der Waals surface area (Å²) in [6.07, 6.45) is 9.38. The molecule has 2 bridgehead atoms. The minimum atomic E-state index is -0.801. The van der Waals surface area contributed by atoms with E-state index in [0.29, 0.717) is 0 Å². The number of carbonyl (C=O) groups is 2. The third-order valence-corrected chi connectivity index (χ3v) is 4.95. The van der Waals surface area contributed by atoms with Gasteiger partial charge in [0.1, 0.15) is 0 Å². The largest absolute Gasteiger partial charge is 0.481 e. The van der Waals surface area contributed by atoms with Gasteiger partial charge < -0.3 is 10.0 Å². The Morgan fingerprint density at radius 2 is 1.53 bits per heavy atom. The van der Waals surface area contributed by atoms with Crippen LogP contribution < -0.4 is 0 Å². The second kappa shape index (κ2) is 4.99. The summed E-state index contributed by atoms with van der Waals surface area (Å²) in [6.45, 7) is 1.62. The molecule has 19 heavy (non-hydrogen) atoms. The summed E-state index contributed by atoms with van der Waals surface area (Å²) in [5.41, 5.74) is 0. The molecular weight excluding hydrogens is 242 g/mol. The highest BCUT2D eigenvalue weighted by Crippen LogP contribution is 2.48. The van der Waals surface area contributed by atoms with Gasteiger partial charge in [-0.2, -0.15) is 0 Å². The number of nitrogens with zero attached hydrogens (tertiary/aromatic N) is 1. The number of fused-ring (bicyclic) bond motifs is 2. The fourth-order valence-electron chi connectivity index (χ4n) is 4.00. The Balaban J connectivity index is 1.78. The normalized spacial score (nSPS) is 37.4. The van der Waals surface area contributed by atoms with Crippen molar-refractivity contribution in [2.75, 3.05) is 13.1 Å². The molecule has 1 heterocycles. The molecule has 2 aliphatic carbocycles. The number of carboxylic acid groups (broad SMARTS) is 1. The molecule has 1 amide bonds. The number of hydrogen-bond donors (Lipinski definition) is 1. The zero-order chi connectivity index (χ0) is 13.4. The van der Waals surface area contributed by atoms with Gasteiger partial charge in [-0.05, 0) is 31.1 Å². The van der Waals surface area contributed by atoms with E-state index in [1.165, 1.54) is 12.8 Å². The minimum absolute atomic E-state index is 0.0726. The topological polar surface area (TPSA) is 57.6 Å². The first-order valence-corrected chi connectivity index (χ1v) is 7.38. The van der Waals surface area contributed by atoms with Crippen LogP contribution in [0.4, 0.5) is 0 Å². The van der Waals surface area contributed by atoms with Crippen LogP contribution in [0.3, 0.4) is 0 Å². The van der Waals surface area contributed by atoms with Gasteiger partial charge >= 0.3 is 5.97 Å². The lowest BCUT2D eigenvalue weighted by Crippen LogP contribution is -2.43. The minimum Gasteiger partial charge on any atom is -0.481 e. The maximum absolute atomic E-state index is 12.7. The highest BCUT2D eigenvalue weighted by molar-refractivity contribution is 5.87. The van der Waals surface area contributed by atoms with Crippen LogP contribution in [0.15, 0.2) is 12.2 Å². The molecule has 2 unspecified atom stereocenters. The summed E-state index contributed by atoms with van der Waals surface area (Å²) in [7, 11) is 0. The van der Waals surface area contributed by atoms with Gasteiger partial charge in [-0.3, -0.25) is 9.59 Å². The average molecular weight is 263 g/mol. The fourth-order valence-corrected chi connectivity index (χ4v) is 4.00. The van der Waals surface area contributed by atoms with Crippen molar-refractivity contribution in [1.29, 1.82) is 0 Å². The molecular formula is C15H21NO3. The predicted octanol–water partition coefficient (Wildman–Crippen LogP) is 1.91. The molecule has 0 aromatic carbocycles. The Bertz CT molecular complexity index is 410. The predicted molar refractivity (Wildman–Crippen MR) is 70.4 cm³/mol. The molecule has 0 aromatic heterocycles. The number of allylic oxidation sites excluding steroid dienone is 2. The van der Waals surface area contributed by atoms with Gasteiger partial charge in [0.05, 0.1) is 11.8 Å². The molecule has 104 valence electrons. The molecule has 4 nitrogen and oxygen atoms in total. The van der Waals surface area contributed by atoms with E-state index in [1.807, 2.05) is 11.0 Å². The van der Waals surface area contributed by atoms with Crippen molar-refractivity contribution in [1.82, 2.24) is 4.90 Å². The highest BCUT2D eigenvalue weighted by Gasteiger charge is 2.52. The first-order chi connectivity index (χ1) is 9.18.